The van der Waals surface area contributed by atoms with Crippen LogP contribution in [0.4, 0.5) is 0 Å². The van der Waals surface area contributed by atoms with Crippen molar-refractivity contribution in [3.05, 3.63) is 71.8 Å². The molecular formula is C17H19NO2S. The van der Waals surface area contributed by atoms with Crippen molar-refractivity contribution in [3.63, 3.8) is 0 Å². The van der Waals surface area contributed by atoms with Crippen LogP contribution in [-0.2, 0) is 22.3 Å². The van der Waals surface area contributed by atoms with E-state index in [0.29, 0.717) is 6.54 Å². The van der Waals surface area contributed by atoms with E-state index in [0.717, 1.165) is 24.0 Å². The van der Waals surface area contributed by atoms with Gasteiger partial charge in [-0.2, -0.15) is 4.31 Å². The predicted octanol–water partition coefficient (Wildman–Crippen LogP) is 3.18. The summed E-state index contributed by atoms with van der Waals surface area (Å²) >= 11 is 0. The highest BCUT2D eigenvalue weighted by atomic mass is 32.2. The molecule has 0 N–H and O–H groups in total. The van der Waals surface area contributed by atoms with Crippen molar-refractivity contribution in [1.82, 2.24) is 4.31 Å². The van der Waals surface area contributed by atoms with Crippen LogP contribution in [0.25, 0.3) is 0 Å². The molecule has 0 saturated heterocycles. The van der Waals surface area contributed by atoms with Crippen LogP contribution >= 0.6 is 0 Å². The summed E-state index contributed by atoms with van der Waals surface area (Å²) in [4.78, 5) is 0. The largest absolute Gasteiger partial charge is 0.218 e. The first kappa shape index (κ1) is 14.3. The summed E-state index contributed by atoms with van der Waals surface area (Å²) in [5, 5.41) is 0. The fraction of sp³-hybridized carbons (Fsp3) is 0.294. The average molecular weight is 301 g/mol. The minimum atomic E-state index is -3.28. The molecule has 1 aliphatic rings. The molecule has 0 aromatic heterocycles. The van der Waals surface area contributed by atoms with Gasteiger partial charge in [0.25, 0.3) is 0 Å². The molecule has 1 fully saturated rings. The second-order valence-corrected chi connectivity index (χ2v) is 7.43. The van der Waals surface area contributed by atoms with Crippen LogP contribution in [-0.4, -0.2) is 18.8 Å². The molecule has 2 aromatic rings. The third-order valence-electron chi connectivity index (χ3n) is 3.68. The maximum absolute atomic E-state index is 12.7. The molecule has 3 rings (SSSR count). The molecule has 21 heavy (non-hydrogen) atoms. The van der Waals surface area contributed by atoms with Crippen molar-refractivity contribution in [3.8, 4) is 0 Å². The number of rotatable bonds is 6. The topological polar surface area (TPSA) is 37.4 Å². The van der Waals surface area contributed by atoms with E-state index in [2.05, 4.69) is 0 Å². The summed E-state index contributed by atoms with van der Waals surface area (Å²) < 4.78 is 27.1. The smallest absolute Gasteiger partial charge is 0.212 e. The zero-order valence-electron chi connectivity index (χ0n) is 11.9. The molecule has 1 saturated carbocycles. The van der Waals surface area contributed by atoms with Crippen LogP contribution in [0.3, 0.4) is 0 Å². The second kappa shape index (κ2) is 6.00. The average Bonchev–Trinajstić information content (AvgIpc) is 3.31. The Morgan fingerprint density at radius 3 is 1.90 bits per heavy atom. The van der Waals surface area contributed by atoms with Gasteiger partial charge in [0.05, 0.1) is 5.75 Å². The van der Waals surface area contributed by atoms with Gasteiger partial charge < -0.3 is 0 Å². The van der Waals surface area contributed by atoms with Crippen molar-refractivity contribution in [2.45, 2.75) is 31.2 Å². The second-order valence-electron chi connectivity index (χ2n) is 5.50. The van der Waals surface area contributed by atoms with Crippen molar-refractivity contribution in [2.24, 2.45) is 0 Å². The molecule has 0 unspecified atom stereocenters. The Bertz CT molecular complexity index is 679. The summed E-state index contributed by atoms with van der Waals surface area (Å²) in [6.07, 6.45) is 1.95. The highest BCUT2D eigenvalue weighted by Gasteiger charge is 2.37. The lowest BCUT2D eigenvalue weighted by atomic mass is 10.2. The van der Waals surface area contributed by atoms with E-state index in [1.165, 1.54) is 0 Å². The summed E-state index contributed by atoms with van der Waals surface area (Å²) in [6.45, 7) is 0.473. The number of hydrogen-bond donors (Lipinski definition) is 0. The molecule has 0 aliphatic heterocycles. The lowest BCUT2D eigenvalue weighted by molar-refractivity contribution is 0.398. The third kappa shape index (κ3) is 3.71. The summed E-state index contributed by atoms with van der Waals surface area (Å²) in [6, 6.07) is 19.4. The molecule has 3 nitrogen and oxygen atoms in total. The highest BCUT2D eigenvalue weighted by Crippen LogP contribution is 2.32. The quantitative estimate of drug-likeness (QED) is 0.822. The number of hydrogen-bond acceptors (Lipinski definition) is 2. The Kier molecular flexibility index (Phi) is 4.08. The van der Waals surface area contributed by atoms with Crippen molar-refractivity contribution < 1.29 is 8.42 Å². The Morgan fingerprint density at radius 2 is 1.38 bits per heavy atom. The molecule has 0 amide bonds. The normalized spacial score (nSPS) is 15.3. The van der Waals surface area contributed by atoms with Gasteiger partial charge in [-0.05, 0) is 24.0 Å². The SMILES string of the molecule is O=S(=O)(Cc1ccccc1)N(Cc1ccccc1)C1CC1. The molecule has 0 spiro atoms. The van der Waals surface area contributed by atoms with Gasteiger partial charge in [0.2, 0.25) is 10.0 Å². The van der Waals surface area contributed by atoms with Crippen molar-refractivity contribution in [2.75, 3.05) is 0 Å². The highest BCUT2D eigenvalue weighted by molar-refractivity contribution is 7.88. The van der Waals surface area contributed by atoms with E-state index in [9.17, 15) is 8.42 Å². The predicted molar refractivity (Wildman–Crippen MR) is 84.1 cm³/mol. The standard InChI is InChI=1S/C17H19NO2S/c19-21(20,14-16-9-5-2-6-10-16)18(17-11-12-17)13-15-7-3-1-4-8-15/h1-10,17H,11-14H2. The van der Waals surface area contributed by atoms with E-state index < -0.39 is 10.0 Å². The van der Waals surface area contributed by atoms with E-state index in [1.54, 1.807) is 4.31 Å². The van der Waals surface area contributed by atoms with Crippen LogP contribution in [0.1, 0.15) is 24.0 Å². The van der Waals surface area contributed by atoms with Gasteiger partial charge in [0, 0.05) is 12.6 Å². The molecule has 1 aliphatic carbocycles. The van der Waals surface area contributed by atoms with Gasteiger partial charge in [0.15, 0.2) is 0 Å². The van der Waals surface area contributed by atoms with Gasteiger partial charge in [-0.3, -0.25) is 0 Å². The van der Waals surface area contributed by atoms with Crippen molar-refractivity contribution >= 4 is 10.0 Å². The van der Waals surface area contributed by atoms with Crippen LogP contribution in [0.5, 0.6) is 0 Å². The molecule has 0 heterocycles. The maximum Gasteiger partial charge on any atom is 0.218 e. The van der Waals surface area contributed by atoms with Crippen LogP contribution in [0.2, 0.25) is 0 Å². The zero-order chi connectivity index (χ0) is 14.7. The number of benzene rings is 2. The molecule has 0 radical (unpaired) electrons. The zero-order valence-corrected chi connectivity index (χ0v) is 12.7. The van der Waals surface area contributed by atoms with E-state index in [1.807, 2.05) is 60.7 Å². The minimum absolute atomic E-state index is 0.0805. The molecule has 110 valence electrons. The fourth-order valence-corrected chi connectivity index (χ4v) is 4.24. The first-order chi connectivity index (χ1) is 10.1. The van der Waals surface area contributed by atoms with E-state index in [4.69, 9.17) is 0 Å². The molecule has 2 aromatic carbocycles. The van der Waals surface area contributed by atoms with E-state index in [-0.39, 0.29) is 11.8 Å². The molecule has 0 atom stereocenters. The van der Waals surface area contributed by atoms with Gasteiger partial charge in [-0.25, -0.2) is 8.42 Å². The maximum atomic E-state index is 12.7. The first-order valence-electron chi connectivity index (χ1n) is 7.22. The Labute approximate surface area is 126 Å². The Balaban J connectivity index is 1.80. The molecule has 4 heteroatoms. The summed E-state index contributed by atoms with van der Waals surface area (Å²) in [7, 11) is -3.28. The van der Waals surface area contributed by atoms with Gasteiger partial charge in [0.1, 0.15) is 0 Å². The number of sulfonamides is 1. The summed E-state index contributed by atoms with van der Waals surface area (Å²) in [5.41, 5.74) is 1.89. The van der Waals surface area contributed by atoms with Gasteiger partial charge in [-0.15, -0.1) is 0 Å². The fourth-order valence-electron chi connectivity index (χ4n) is 2.45. The van der Waals surface area contributed by atoms with Crippen LogP contribution in [0, 0.1) is 0 Å². The first-order valence-corrected chi connectivity index (χ1v) is 8.83. The number of nitrogens with zero attached hydrogens (tertiary/aromatic N) is 1. The molecular weight excluding hydrogens is 282 g/mol. The minimum Gasteiger partial charge on any atom is -0.212 e. The van der Waals surface area contributed by atoms with Crippen molar-refractivity contribution in [1.29, 1.82) is 0 Å². The van der Waals surface area contributed by atoms with E-state index >= 15 is 0 Å². The van der Waals surface area contributed by atoms with Crippen LogP contribution < -0.4 is 0 Å². The van der Waals surface area contributed by atoms with Crippen LogP contribution in [0.15, 0.2) is 60.7 Å². The Hall–Kier alpha value is -1.65. The lowest BCUT2D eigenvalue weighted by Crippen LogP contribution is -2.33. The lowest BCUT2D eigenvalue weighted by Gasteiger charge is -2.22. The monoisotopic (exact) mass is 301 g/mol. The third-order valence-corrected chi connectivity index (χ3v) is 5.52. The van der Waals surface area contributed by atoms with Gasteiger partial charge in [-0.1, -0.05) is 60.7 Å². The molecule has 0 bridgehead atoms. The summed E-state index contributed by atoms with van der Waals surface area (Å²) in [5.74, 6) is 0.0805. The van der Waals surface area contributed by atoms with Gasteiger partial charge >= 0.3 is 0 Å². The Morgan fingerprint density at radius 1 is 0.857 bits per heavy atom.